The van der Waals surface area contributed by atoms with Crippen molar-refractivity contribution in [2.75, 3.05) is 18.4 Å². The number of benzene rings is 1. The van der Waals surface area contributed by atoms with E-state index in [9.17, 15) is 14.4 Å². The number of carbonyl (C=O) groups is 3. The van der Waals surface area contributed by atoms with Crippen molar-refractivity contribution in [1.29, 1.82) is 0 Å². The van der Waals surface area contributed by atoms with Crippen molar-refractivity contribution < 1.29 is 19.1 Å². The van der Waals surface area contributed by atoms with Gasteiger partial charge < -0.3 is 20.7 Å². The second kappa shape index (κ2) is 13.2. The number of aryl methyl sites for hydroxylation is 1. The Morgan fingerprint density at radius 3 is 2.46 bits per heavy atom. The zero-order valence-corrected chi connectivity index (χ0v) is 23.5. The summed E-state index contributed by atoms with van der Waals surface area (Å²) in [6, 6.07) is 6.92. The quantitative estimate of drug-likeness (QED) is 0.412. The van der Waals surface area contributed by atoms with Gasteiger partial charge >= 0.3 is 5.97 Å². The largest absolute Gasteiger partial charge is 0.460 e. The standard InChI is InChI=1S/C30H39N5O4/c1-6-12-35(13-7-2)29(38)23-15-21-9-10-22(16-25(21)34-26(31)17-23)28(37)33-24-14-20(18-32-19-24)8-11-27(36)39-30(3,4)5/h9-10,14-16,18-19H,6-8,11-13,17H2,1-5H3,(H2,31,34)(H,33,37). The summed E-state index contributed by atoms with van der Waals surface area (Å²) in [7, 11) is 0. The van der Waals surface area contributed by atoms with Crippen LogP contribution >= 0.6 is 0 Å². The van der Waals surface area contributed by atoms with Crippen LogP contribution in [0.2, 0.25) is 0 Å². The Labute approximate surface area is 230 Å². The number of fused-ring (bicyclic) bond motifs is 1. The molecule has 2 amide bonds. The molecule has 1 aliphatic heterocycles. The van der Waals surface area contributed by atoms with Gasteiger partial charge in [0, 0.05) is 48.8 Å². The number of hydrogen-bond acceptors (Lipinski definition) is 7. The highest BCUT2D eigenvalue weighted by Crippen LogP contribution is 2.29. The minimum Gasteiger partial charge on any atom is -0.460 e. The molecule has 0 aliphatic carbocycles. The summed E-state index contributed by atoms with van der Waals surface area (Å²) in [5.41, 5.74) is 9.20. The summed E-state index contributed by atoms with van der Waals surface area (Å²) >= 11 is 0. The van der Waals surface area contributed by atoms with E-state index in [2.05, 4.69) is 15.3 Å². The van der Waals surface area contributed by atoms with Crippen LogP contribution in [0, 0.1) is 0 Å². The van der Waals surface area contributed by atoms with Crippen LogP contribution in [-0.2, 0) is 20.7 Å². The Morgan fingerprint density at radius 1 is 1.08 bits per heavy atom. The summed E-state index contributed by atoms with van der Waals surface area (Å²) in [4.78, 5) is 48.8. The lowest BCUT2D eigenvalue weighted by Gasteiger charge is -2.22. The number of anilines is 1. The van der Waals surface area contributed by atoms with E-state index < -0.39 is 5.60 Å². The third-order valence-electron chi connectivity index (χ3n) is 5.90. The fourth-order valence-electron chi connectivity index (χ4n) is 4.26. The van der Waals surface area contributed by atoms with Gasteiger partial charge in [0.25, 0.3) is 5.91 Å². The molecule has 0 saturated carbocycles. The third kappa shape index (κ3) is 8.77. The zero-order valence-electron chi connectivity index (χ0n) is 23.5. The van der Waals surface area contributed by atoms with Gasteiger partial charge in [-0.05, 0) is 69.9 Å². The minimum atomic E-state index is -0.537. The number of carbonyl (C=O) groups excluding carboxylic acids is 3. The van der Waals surface area contributed by atoms with Crippen LogP contribution in [0.4, 0.5) is 11.4 Å². The van der Waals surface area contributed by atoms with Gasteiger partial charge in [-0.2, -0.15) is 0 Å². The van der Waals surface area contributed by atoms with Gasteiger partial charge in [-0.1, -0.05) is 19.9 Å². The average molecular weight is 534 g/mol. The van der Waals surface area contributed by atoms with Crippen molar-refractivity contribution in [2.45, 2.75) is 72.3 Å². The molecule has 39 heavy (non-hydrogen) atoms. The number of nitrogens with zero attached hydrogens (tertiary/aromatic N) is 3. The number of nitrogens with two attached hydrogens (primary N) is 1. The van der Waals surface area contributed by atoms with Crippen molar-refractivity contribution in [2.24, 2.45) is 10.7 Å². The highest BCUT2D eigenvalue weighted by atomic mass is 16.6. The molecule has 3 rings (SSSR count). The Kier molecular flexibility index (Phi) is 9.98. The van der Waals surface area contributed by atoms with Gasteiger partial charge in [-0.25, -0.2) is 4.99 Å². The van der Waals surface area contributed by atoms with E-state index in [1.807, 2.05) is 45.6 Å². The molecule has 0 bridgehead atoms. The molecule has 0 unspecified atom stereocenters. The predicted octanol–water partition coefficient (Wildman–Crippen LogP) is 5.03. The number of amidine groups is 1. The fourth-order valence-corrected chi connectivity index (χ4v) is 4.26. The van der Waals surface area contributed by atoms with E-state index >= 15 is 0 Å². The number of amides is 2. The van der Waals surface area contributed by atoms with Crippen molar-refractivity contribution in [1.82, 2.24) is 9.88 Å². The molecule has 1 aromatic carbocycles. The van der Waals surface area contributed by atoms with E-state index in [0.29, 0.717) is 47.9 Å². The molecule has 0 spiro atoms. The molecule has 1 aliphatic rings. The Hall–Kier alpha value is -4.01. The predicted molar refractivity (Wildman–Crippen MR) is 154 cm³/mol. The van der Waals surface area contributed by atoms with Gasteiger partial charge in [-0.15, -0.1) is 0 Å². The zero-order chi connectivity index (χ0) is 28.6. The first-order valence-corrected chi connectivity index (χ1v) is 13.4. The van der Waals surface area contributed by atoms with Crippen molar-refractivity contribution in [3.63, 3.8) is 0 Å². The lowest BCUT2D eigenvalue weighted by molar-refractivity contribution is -0.154. The smallest absolute Gasteiger partial charge is 0.306 e. The first kappa shape index (κ1) is 29.5. The van der Waals surface area contributed by atoms with Gasteiger partial charge in [0.2, 0.25) is 5.91 Å². The Morgan fingerprint density at radius 2 is 1.79 bits per heavy atom. The molecule has 0 atom stereocenters. The van der Waals surface area contributed by atoms with Crippen LogP contribution < -0.4 is 11.1 Å². The summed E-state index contributed by atoms with van der Waals surface area (Å²) in [5, 5.41) is 2.85. The number of aromatic nitrogens is 1. The van der Waals surface area contributed by atoms with Crippen LogP contribution in [0.3, 0.4) is 0 Å². The molecule has 9 nitrogen and oxygen atoms in total. The van der Waals surface area contributed by atoms with E-state index in [1.165, 1.54) is 0 Å². The van der Waals surface area contributed by atoms with Crippen molar-refractivity contribution in [3.8, 4) is 0 Å². The summed E-state index contributed by atoms with van der Waals surface area (Å²) in [6.07, 6.45) is 7.69. The molecule has 2 heterocycles. The number of rotatable bonds is 10. The molecule has 208 valence electrons. The maximum Gasteiger partial charge on any atom is 0.306 e. The second-order valence-corrected chi connectivity index (χ2v) is 10.6. The first-order valence-electron chi connectivity index (χ1n) is 13.4. The molecule has 0 radical (unpaired) electrons. The minimum absolute atomic E-state index is 0.0365. The maximum atomic E-state index is 13.2. The number of esters is 1. The van der Waals surface area contributed by atoms with Gasteiger partial charge in [0.05, 0.1) is 17.6 Å². The monoisotopic (exact) mass is 533 g/mol. The molecule has 3 N–H and O–H groups in total. The topological polar surface area (TPSA) is 127 Å². The van der Waals surface area contributed by atoms with E-state index in [4.69, 9.17) is 10.5 Å². The molecule has 0 fully saturated rings. The Balaban J connectivity index is 1.74. The highest BCUT2D eigenvalue weighted by Gasteiger charge is 2.21. The molecular weight excluding hydrogens is 494 g/mol. The number of hydrogen-bond donors (Lipinski definition) is 2. The van der Waals surface area contributed by atoms with Gasteiger partial charge in [0.1, 0.15) is 11.4 Å². The van der Waals surface area contributed by atoms with E-state index in [1.54, 1.807) is 36.7 Å². The first-order chi connectivity index (χ1) is 18.5. The normalized spacial score (nSPS) is 12.9. The molecule has 2 aromatic rings. The van der Waals surface area contributed by atoms with Crippen molar-refractivity contribution in [3.05, 3.63) is 58.9 Å². The van der Waals surface area contributed by atoms with Gasteiger partial charge in [0.15, 0.2) is 0 Å². The highest BCUT2D eigenvalue weighted by molar-refractivity contribution is 6.07. The Bertz CT molecular complexity index is 1270. The SMILES string of the molecule is CCCN(CCC)C(=O)C1=Cc2ccc(C(=O)Nc3cncc(CCC(=O)OC(C)(C)C)c3)cc2N=C(N)C1. The van der Waals surface area contributed by atoms with E-state index in [0.717, 1.165) is 24.0 Å². The molecular formula is C30H39N5O4. The van der Waals surface area contributed by atoms with Crippen molar-refractivity contribution >= 4 is 41.1 Å². The number of ether oxygens (including phenoxy) is 1. The lowest BCUT2D eigenvalue weighted by Crippen LogP contribution is -2.34. The molecule has 9 heteroatoms. The van der Waals surface area contributed by atoms with Crippen LogP contribution in [0.1, 0.15) is 81.8 Å². The number of nitrogens with one attached hydrogen (secondary N) is 1. The van der Waals surface area contributed by atoms with Crippen LogP contribution in [0.25, 0.3) is 6.08 Å². The van der Waals surface area contributed by atoms with Crippen LogP contribution in [-0.4, -0.2) is 52.2 Å². The van der Waals surface area contributed by atoms with E-state index in [-0.39, 0.29) is 30.6 Å². The number of pyridine rings is 1. The summed E-state index contributed by atoms with van der Waals surface area (Å²) in [5.74, 6) is -0.338. The average Bonchev–Trinajstić information content (AvgIpc) is 3.03. The van der Waals surface area contributed by atoms with Crippen LogP contribution in [0.15, 0.2) is 47.2 Å². The molecule has 1 aromatic heterocycles. The summed E-state index contributed by atoms with van der Waals surface area (Å²) < 4.78 is 5.35. The second-order valence-electron chi connectivity index (χ2n) is 10.6. The molecule has 0 saturated heterocycles. The van der Waals surface area contributed by atoms with Gasteiger partial charge in [-0.3, -0.25) is 19.4 Å². The fraction of sp³-hybridized carbons (Fsp3) is 0.433. The number of aliphatic imine (C=N–C) groups is 1. The maximum absolute atomic E-state index is 13.2. The lowest BCUT2D eigenvalue weighted by atomic mass is 10.0. The summed E-state index contributed by atoms with van der Waals surface area (Å²) in [6.45, 7) is 10.9. The third-order valence-corrected chi connectivity index (χ3v) is 5.90. The van der Waals surface area contributed by atoms with Crippen LogP contribution in [0.5, 0.6) is 0 Å².